The van der Waals surface area contributed by atoms with Gasteiger partial charge in [0.25, 0.3) is 0 Å². The fraction of sp³-hybridized carbons (Fsp3) is 0.625. The molecule has 94 valence electrons. The maximum absolute atomic E-state index is 6.25. The van der Waals surface area contributed by atoms with Gasteiger partial charge in [-0.1, -0.05) is 39.5 Å². The van der Waals surface area contributed by atoms with E-state index < -0.39 is 0 Å². The third-order valence-corrected chi connectivity index (χ3v) is 4.57. The van der Waals surface area contributed by atoms with Gasteiger partial charge in [0, 0.05) is 11.3 Å². The zero-order valence-corrected chi connectivity index (χ0v) is 11.5. The lowest BCUT2D eigenvalue weighted by Gasteiger charge is -2.47. The van der Waals surface area contributed by atoms with Crippen molar-refractivity contribution in [1.82, 2.24) is 0 Å². The summed E-state index contributed by atoms with van der Waals surface area (Å²) in [6.45, 7) is 13.0. The first-order valence-electron chi connectivity index (χ1n) is 6.66. The van der Waals surface area contributed by atoms with Crippen molar-refractivity contribution < 1.29 is 4.74 Å². The van der Waals surface area contributed by atoms with Crippen LogP contribution in [0.3, 0.4) is 0 Å². The van der Waals surface area contributed by atoms with Crippen LogP contribution in [0.15, 0.2) is 36.6 Å². The molecule has 17 heavy (non-hydrogen) atoms. The standard InChI is InChI=1S/C16H24O/c1-6-9-16-14(12(2)3)8-11-15(16,5)10-7-13(4)17-16/h6-7,9-10,12,14H,4,8,11H2,1-3,5H3/b9-6-/t14-,15+,16-/m0/s1. The van der Waals surface area contributed by atoms with Crippen molar-refractivity contribution in [2.24, 2.45) is 17.3 Å². The van der Waals surface area contributed by atoms with Crippen molar-refractivity contribution in [1.29, 1.82) is 0 Å². The van der Waals surface area contributed by atoms with Crippen molar-refractivity contribution in [3.63, 3.8) is 0 Å². The van der Waals surface area contributed by atoms with Gasteiger partial charge in [-0.3, -0.25) is 0 Å². The Bertz CT molecular complexity index is 377. The molecule has 2 aliphatic rings. The van der Waals surface area contributed by atoms with Crippen LogP contribution < -0.4 is 0 Å². The molecule has 0 aromatic carbocycles. The molecule has 0 saturated heterocycles. The van der Waals surface area contributed by atoms with Gasteiger partial charge in [-0.05, 0) is 37.8 Å². The fourth-order valence-corrected chi connectivity index (χ4v) is 3.65. The topological polar surface area (TPSA) is 9.23 Å². The maximum atomic E-state index is 6.25. The Balaban J connectivity index is 2.52. The Morgan fingerprint density at radius 2 is 2.24 bits per heavy atom. The van der Waals surface area contributed by atoms with E-state index in [1.54, 1.807) is 0 Å². The third-order valence-electron chi connectivity index (χ3n) is 4.57. The molecular formula is C16H24O. The number of hydrogen-bond donors (Lipinski definition) is 0. The molecule has 0 bridgehead atoms. The van der Waals surface area contributed by atoms with Gasteiger partial charge in [0.05, 0.1) is 0 Å². The summed E-state index contributed by atoms with van der Waals surface area (Å²) < 4.78 is 6.25. The van der Waals surface area contributed by atoms with E-state index in [0.717, 1.165) is 5.76 Å². The van der Waals surface area contributed by atoms with Gasteiger partial charge in [-0.15, -0.1) is 0 Å². The van der Waals surface area contributed by atoms with Crippen LogP contribution in [-0.2, 0) is 4.74 Å². The highest BCUT2D eigenvalue weighted by atomic mass is 16.5. The molecule has 0 spiro atoms. The number of hydrogen-bond acceptors (Lipinski definition) is 1. The summed E-state index contributed by atoms with van der Waals surface area (Å²) in [5.41, 5.74) is -0.0581. The Kier molecular flexibility index (Phi) is 2.97. The Morgan fingerprint density at radius 3 is 2.82 bits per heavy atom. The number of rotatable bonds is 2. The minimum atomic E-state index is -0.179. The van der Waals surface area contributed by atoms with Gasteiger partial charge < -0.3 is 4.74 Å². The lowest BCUT2D eigenvalue weighted by molar-refractivity contribution is -0.0611. The Hall–Kier alpha value is -0.980. The fourth-order valence-electron chi connectivity index (χ4n) is 3.65. The van der Waals surface area contributed by atoms with E-state index in [9.17, 15) is 0 Å². The molecule has 1 heterocycles. The minimum absolute atomic E-state index is 0.121. The molecule has 1 saturated carbocycles. The summed E-state index contributed by atoms with van der Waals surface area (Å²) in [7, 11) is 0. The molecule has 0 aromatic rings. The summed E-state index contributed by atoms with van der Waals surface area (Å²) in [6, 6.07) is 0. The van der Waals surface area contributed by atoms with E-state index in [2.05, 4.69) is 52.5 Å². The largest absolute Gasteiger partial charge is 0.483 e. The van der Waals surface area contributed by atoms with Gasteiger partial charge >= 0.3 is 0 Å². The normalized spacial score (nSPS) is 41.0. The quantitative estimate of drug-likeness (QED) is 0.638. The lowest BCUT2D eigenvalue weighted by Crippen LogP contribution is -2.49. The molecule has 1 aliphatic heterocycles. The van der Waals surface area contributed by atoms with Crippen LogP contribution >= 0.6 is 0 Å². The first-order valence-corrected chi connectivity index (χ1v) is 6.66. The molecule has 0 amide bonds. The van der Waals surface area contributed by atoms with Gasteiger partial charge in [0.1, 0.15) is 11.4 Å². The summed E-state index contributed by atoms with van der Waals surface area (Å²) >= 11 is 0. The molecule has 0 unspecified atom stereocenters. The van der Waals surface area contributed by atoms with E-state index in [1.165, 1.54) is 12.8 Å². The molecule has 2 rings (SSSR count). The second kappa shape index (κ2) is 4.04. The zero-order chi connectivity index (χ0) is 12.7. The average molecular weight is 232 g/mol. The van der Waals surface area contributed by atoms with E-state index in [-0.39, 0.29) is 11.0 Å². The SMILES string of the molecule is C=C1C=C[C@]2(C)CC[C@@H](C(C)C)[C@]2(/C=C\C)O1. The summed E-state index contributed by atoms with van der Waals surface area (Å²) in [4.78, 5) is 0. The van der Waals surface area contributed by atoms with Crippen molar-refractivity contribution in [3.05, 3.63) is 36.6 Å². The van der Waals surface area contributed by atoms with Crippen molar-refractivity contribution >= 4 is 0 Å². The second-order valence-electron chi connectivity index (χ2n) is 6.00. The van der Waals surface area contributed by atoms with E-state index >= 15 is 0 Å². The number of allylic oxidation sites excluding steroid dienone is 2. The van der Waals surface area contributed by atoms with Crippen LogP contribution in [0.4, 0.5) is 0 Å². The first kappa shape index (κ1) is 12.5. The summed E-state index contributed by atoms with van der Waals surface area (Å²) in [5.74, 6) is 2.01. The van der Waals surface area contributed by atoms with Crippen LogP contribution in [0, 0.1) is 17.3 Å². The highest BCUT2D eigenvalue weighted by Gasteiger charge is 2.58. The van der Waals surface area contributed by atoms with Crippen molar-refractivity contribution in [3.8, 4) is 0 Å². The van der Waals surface area contributed by atoms with Gasteiger partial charge in [-0.25, -0.2) is 0 Å². The first-order chi connectivity index (χ1) is 7.95. The summed E-state index contributed by atoms with van der Waals surface area (Å²) in [6.07, 6.45) is 11.2. The highest BCUT2D eigenvalue weighted by molar-refractivity contribution is 5.31. The molecule has 3 atom stereocenters. The third kappa shape index (κ3) is 1.67. The van der Waals surface area contributed by atoms with Crippen molar-refractivity contribution in [2.75, 3.05) is 0 Å². The average Bonchev–Trinajstić information content (AvgIpc) is 2.52. The molecule has 0 N–H and O–H groups in total. The van der Waals surface area contributed by atoms with E-state index in [1.807, 2.05) is 6.08 Å². The molecule has 1 nitrogen and oxygen atoms in total. The predicted octanol–water partition coefficient (Wildman–Crippen LogP) is 4.47. The van der Waals surface area contributed by atoms with Gasteiger partial charge in [0.15, 0.2) is 0 Å². The molecular weight excluding hydrogens is 208 g/mol. The maximum Gasteiger partial charge on any atom is 0.139 e. The Labute approximate surface area is 105 Å². The van der Waals surface area contributed by atoms with Crippen LogP contribution in [0.2, 0.25) is 0 Å². The molecule has 1 heteroatoms. The molecule has 1 fully saturated rings. The lowest BCUT2D eigenvalue weighted by atomic mass is 9.68. The molecule has 1 aliphatic carbocycles. The van der Waals surface area contributed by atoms with Crippen LogP contribution in [0.25, 0.3) is 0 Å². The minimum Gasteiger partial charge on any atom is -0.483 e. The highest BCUT2D eigenvalue weighted by Crippen LogP contribution is 2.58. The summed E-state index contributed by atoms with van der Waals surface area (Å²) in [5, 5.41) is 0. The van der Waals surface area contributed by atoms with Crippen molar-refractivity contribution in [2.45, 2.75) is 46.1 Å². The Morgan fingerprint density at radius 1 is 1.53 bits per heavy atom. The number of fused-ring (bicyclic) bond motifs is 1. The van der Waals surface area contributed by atoms with Crippen LogP contribution in [0.1, 0.15) is 40.5 Å². The number of ether oxygens (including phenoxy) is 1. The zero-order valence-electron chi connectivity index (χ0n) is 11.5. The smallest absolute Gasteiger partial charge is 0.139 e. The molecule has 0 radical (unpaired) electrons. The van der Waals surface area contributed by atoms with Gasteiger partial charge in [-0.2, -0.15) is 0 Å². The second-order valence-corrected chi connectivity index (χ2v) is 6.00. The van der Waals surface area contributed by atoms with E-state index in [0.29, 0.717) is 11.8 Å². The predicted molar refractivity (Wildman–Crippen MR) is 72.6 cm³/mol. The van der Waals surface area contributed by atoms with E-state index in [4.69, 9.17) is 4.74 Å². The monoisotopic (exact) mass is 232 g/mol. The molecule has 0 aromatic heterocycles. The van der Waals surface area contributed by atoms with Gasteiger partial charge in [0.2, 0.25) is 0 Å². The van der Waals surface area contributed by atoms with Crippen LogP contribution in [-0.4, -0.2) is 5.60 Å². The van der Waals surface area contributed by atoms with Crippen LogP contribution in [0.5, 0.6) is 0 Å².